The fourth-order valence-corrected chi connectivity index (χ4v) is 9.09. The first-order valence-electron chi connectivity index (χ1n) is 26.2. The summed E-state index contributed by atoms with van der Waals surface area (Å²) in [6.45, 7) is 0.145. The first-order chi connectivity index (χ1) is 38.4. The number of aliphatic hydroxyl groups is 11. The quantitative estimate of drug-likeness (QED) is 0.0266. The van der Waals surface area contributed by atoms with Crippen LogP contribution in [0, 0.1) is 0 Å². The van der Waals surface area contributed by atoms with Gasteiger partial charge in [0.2, 0.25) is 23.6 Å². The van der Waals surface area contributed by atoms with Gasteiger partial charge in [-0.15, -0.1) is 0 Å². The van der Waals surface area contributed by atoms with Crippen molar-refractivity contribution >= 4 is 35.6 Å². The maximum Gasteiger partial charge on any atom is 0.364 e. The minimum Gasteiger partial charge on any atom is -0.480 e. The Labute approximate surface area is 463 Å². The average Bonchev–Trinajstić information content (AvgIpc) is 3.59. The molecule has 0 spiro atoms. The molecule has 4 heterocycles. The van der Waals surface area contributed by atoms with E-state index in [-0.39, 0.29) is 71.5 Å². The smallest absolute Gasteiger partial charge is 0.364 e. The van der Waals surface area contributed by atoms with Crippen molar-refractivity contribution in [3.05, 3.63) is 0 Å². The third-order valence-corrected chi connectivity index (χ3v) is 13.2. The molecule has 0 aromatic carbocycles. The topological polar surface area (TPSA) is 515 Å². The summed E-state index contributed by atoms with van der Waals surface area (Å²) in [7, 11) is 0. The van der Waals surface area contributed by atoms with Crippen molar-refractivity contribution in [1.82, 2.24) is 21.3 Å². The van der Waals surface area contributed by atoms with E-state index in [9.17, 15) is 90.0 Å². The van der Waals surface area contributed by atoms with E-state index in [1.807, 2.05) is 0 Å². The number of hydrogen-bond acceptors (Lipinski definition) is 28. The molecule has 4 amide bonds. The van der Waals surface area contributed by atoms with Crippen LogP contribution in [0.5, 0.6) is 0 Å². The first kappa shape index (κ1) is 69.4. The van der Waals surface area contributed by atoms with Crippen molar-refractivity contribution < 1.29 is 147 Å². The molecule has 34 heteroatoms. The first-order valence-corrected chi connectivity index (χ1v) is 26.2. The Morgan fingerprint density at radius 3 is 1.80 bits per heavy atom. The van der Waals surface area contributed by atoms with Gasteiger partial charge in [0.1, 0.15) is 98.6 Å². The second-order valence-corrected chi connectivity index (χ2v) is 19.5. The molecule has 81 heavy (non-hydrogen) atoms. The summed E-state index contributed by atoms with van der Waals surface area (Å²) in [6.07, 6.45) is -34.2. The van der Waals surface area contributed by atoms with Crippen molar-refractivity contribution in [3.63, 3.8) is 0 Å². The van der Waals surface area contributed by atoms with Crippen molar-refractivity contribution in [2.75, 3.05) is 79.2 Å². The fourth-order valence-electron chi connectivity index (χ4n) is 9.09. The SMILES string of the molecule is CC(=O)N[C@H]1[C@H](OCCCCCC(=O)NCCNC(=O)COCCOCCOCC(=O)O)O[C@H](CO)[C@@H](O[C@@H]2O[C@H](CO)[C@H](O)[C@H](O[C@]3(C(=O)O)C[C@H](O)[C@@H](NC(C)=O)[C@H]([C@H](O)[C@H](O)CO)O3)[C@H]2O)[C@@H]1O[C@@H]1O[C@@H](C)[C@@H](O)[C@@H](O)[C@@H]1O. The van der Waals surface area contributed by atoms with Crippen molar-refractivity contribution in [2.24, 2.45) is 0 Å². The third kappa shape index (κ3) is 20.3. The van der Waals surface area contributed by atoms with Crippen molar-refractivity contribution in [3.8, 4) is 0 Å². The number of carboxylic acid groups (broad SMARTS) is 2. The van der Waals surface area contributed by atoms with E-state index in [2.05, 4.69) is 21.3 Å². The zero-order valence-electron chi connectivity index (χ0n) is 44.8. The van der Waals surface area contributed by atoms with Gasteiger partial charge in [-0.1, -0.05) is 6.42 Å². The summed E-state index contributed by atoms with van der Waals surface area (Å²) in [5, 5.41) is 148. The number of carbonyl (C=O) groups is 6. The van der Waals surface area contributed by atoms with Crippen LogP contribution in [0.2, 0.25) is 0 Å². The van der Waals surface area contributed by atoms with Crippen LogP contribution in [-0.2, 0) is 80.9 Å². The Balaban J connectivity index is 1.46. The van der Waals surface area contributed by atoms with Gasteiger partial charge in [0.15, 0.2) is 18.9 Å². The molecule has 4 saturated heterocycles. The third-order valence-electron chi connectivity index (χ3n) is 13.2. The Kier molecular flexibility index (Phi) is 29.2. The molecule has 0 saturated carbocycles. The average molecular weight is 1180 g/mol. The molecule has 468 valence electrons. The molecular weight excluding hydrogens is 1100 g/mol. The number of ether oxygens (including phenoxy) is 11. The molecular formula is C47H80N4O30. The second kappa shape index (κ2) is 34.0. The Hall–Kier alpha value is -4.06. The number of hydrogen-bond donors (Lipinski definition) is 17. The molecule has 4 rings (SSSR count). The van der Waals surface area contributed by atoms with Gasteiger partial charge >= 0.3 is 11.9 Å². The Morgan fingerprint density at radius 1 is 0.617 bits per heavy atom. The van der Waals surface area contributed by atoms with Crippen LogP contribution in [0.15, 0.2) is 0 Å². The molecule has 0 radical (unpaired) electrons. The fraction of sp³-hybridized carbons (Fsp3) is 0.872. The van der Waals surface area contributed by atoms with E-state index < -0.39 is 191 Å². The summed E-state index contributed by atoms with van der Waals surface area (Å²) in [6, 6.07) is -3.16. The lowest BCUT2D eigenvalue weighted by atomic mass is 9.88. The molecule has 0 bridgehead atoms. The van der Waals surface area contributed by atoms with Crippen molar-refractivity contribution in [2.45, 2.75) is 181 Å². The summed E-state index contributed by atoms with van der Waals surface area (Å²) < 4.78 is 62.7. The van der Waals surface area contributed by atoms with Crippen LogP contribution in [-0.4, -0.2) is 309 Å². The minimum atomic E-state index is -3.16. The normalized spacial score (nSPS) is 35.0. The molecule has 4 aliphatic heterocycles. The predicted molar refractivity (Wildman–Crippen MR) is 261 cm³/mol. The largest absolute Gasteiger partial charge is 0.480 e. The Bertz CT molecular complexity index is 1970. The molecule has 0 aromatic heterocycles. The van der Waals surface area contributed by atoms with Gasteiger partial charge in [0, 0.05) is 46.4 Å². The molecule has 17 N–H and O–H groups in total. The van der Waals surface area contributed by atoms with E-state index in [1.54, 1.807) is 0 Å². The van der Waals surface area contributed by atoms with Crippen LogP contribution < -0.4 is 21.3 Å². The standard InChI is InChI=1S/C47H80N4O30/c1-21-33(63)36(66)37(67)44(75-21)79-41-32(51-23(3)56)43(74-10-6-4-5-7-28(59)48-8-9-49-29(60)19-72-13-11-71-12-14-73-20-30(61)62)77-27(18-54)39(41)78-45-38(68)42(35(65)26(17-53)76-45)81-47(46(69)70)15-24(57)31(50-22(2)55)40(80-47)34(64)25(58)16-52/h21,24-27,31-45,52-54,57-58,63-68H,4-20H2,1-3H3,(H,48,59)(H,49,60)(H,50,55)(H,51,56)(H,61,62)(H,69,70)/t21-,24-,25+,26+,27+,31+,32+,33+,34+,35-,36+,37-,38+,39+,40+,41+,42-,43+,44-,45-,47-/m0/s1. The molecule has 0 unspecified atom stereocenters. The molecule has 34 nitrogen and oxygen atoms in total. The number of carbonyl (C=O) groups excluding carboxylic acids is 4. The summed E-state index contributed by atoms with van der Waals surface area (Å²) in [5.41, 5.74) is 0. The highest BCUT2D eigenvalue weighted by molar-refractivity contribution is 5.78. The number of rotatable bonds is 34. The highest BCUT2D eigenvalue weighted by Crippen LogP contribution is 2.39. The van der Waals surface area contributed by atoms with Crippen LogP contribution >= 0.6 is 0 Å². The van der Waals surface area contributed by atoms with Gasteiger partial charge < -0.3 is 140 Å². The van der Waals surface area contributed by atoms with Crippen LogP contribution in [0.4, 0.5) is 0 Å². The lowest BCUT2D eigenvalue weighted by Gasteiger charge is -2.51. The lowest BCUT2D eigenvalue weighted by Crippen LogP contribution is -2.71. The van der Waals surface area contributed by atoms with E-state index in [1.165, 1.54) is 6.92 Å². The molecule has 4 fully saturated rings. The Morgan fingerprint density at radius 2 is 1.20 bits per heavy atom. The van der Waals surface area contributed by atoms with Gasteiger partial charge in [-0.05, 0) is 19.8 Å². The number of carboxylic acids is 2. The predicted octanol–water partition coefficient (Wildman–Crippen LogP) is -9.28. The monoisotopic (exact) mass is 1180 g/mol. The summed E-state index contributed by atoms with van der Waals surface area (Å²) in [4.78, 5) is 73.1. The van der Waals surface area contributed by atoms with Gasteiger partial charge in [0.05, 0.1) is 64.5 Å². The summed E-state index contributed by atoms with van der Waals surface area (Å²) in [5.74, 6) is -8.61. The van der Waals surface area contributed by atoms with Gasteiger partial charge in [-0.2, -0.15) is 0 Å². The maximum atomic E-state index is 13.1. The summed E-state index contributed by atoms with van der Waals surface area (Å²) >= 11 is 0. The zero-order valence-corrected chi connectivity index (χ0v) is 44.8. The van der Waals surface area contributed by atoms with Crippen LogP contribution in [0.3, 0.4) is 0 Å². The molecule has 0 aliphatic carbocycles. The second-order valence-electron chi connectivity index (χ2n) is 19.5. The van der Waals surface area contributed by atoms with Crippen molar-refractivity contribution in [1.29, 1.82) is 0 Å². The zero-order chi connectivity index (χ0) is 60.1. The van der Waals surface area contributed by atoms with E-state index in [0.717, 1.165) is 13.8 Å². The molecule has 21 atom stereocenters. The number of aliphatic hydroxyl groups excluding tert-OH is 11. The number of amides is 4. The molecule has 0 aromatic rings. The number of unbranched alkanes of at least 4 members (excludes halogenated alkanes) is 2. The maximum absolute atomic E-state index is 13.1. The van der Waals surface area contributed by atoms with Crippen LogP contribution in [0.25, 0.3) is 0 Å². The number of nitrogens with one attached hydrogen (secondary N) is 4. The van der Waals surface area contributed by atoms with Gasteiger partial charge in [-0.25, -0.2) is 9.59 Å². The van der Waals surface area contributed by atoms with Crippen LogP contribution in [0.1, 0.15) is 52.9 Å². The number of aliphatic carboxylic acids is 2. The highest BCUT2D eigenvalue weighted by Gasteiger charge is 2.61. The minimum absolute atomic E-state index is 0.0793. The van der Waals surface area contributed by atoms with Gasteiger partial charge in [-0.3, -0.25) is 19.2 Å². The highest BCUT2D eigenvalue weighted by atomic mass is 16.8. The van der Waals surface area contributed by atoms with E-state index in [0.29, 0.717) is 12.8 Å². The van der Waals surface area contributed by atoms with Gasteiger partial charge in [0.25, 0.3) is 5.79 Å². The lowest BCUT2D eigenvalue weighted by molar-refractivity contribution is -0.391. The van der Waals surface area contributed by atoms with E-state index in [4.69, 9.17) is 57.2 Å². The van der Waals surface area contributed by atoms with E-state index >= 15 is 0 Å². The molecule has 4 aliphatic rings.